The molecule has 0 aromatic heterocycles. The summed E-state index contributed by atoms with van der Waals surface area (Å²) in [6, 6.07) is 29.5. The summed E-state index contributed by atoms with van der Waals surface area (Å²) < 4.78 is 6.26. The first-order valence-corrected chi connectivity index (χ1v) is 8.16. The summed E-state index contributed by atoms with van der Waals surface area (Å²) in [5.41, 5.74) is 2.42. The van der Waals surface area contributed by atoms with Crippen molar-refractivity contribution >= 4 is 17.1 Å². The Morgan fingerprint density at radius 2 is 1.24 bits per heavy atom. The average Bonchev–Trinajstić information content (AvgIpc) is 2.69. The summed E-state index contributed by atoms with van der Waals surface area (Å²) in [7, 11) is 0. The lowest BCUT2D eigenvalue weighted by molar-refractivity contribution is 0.112. The molecule has 0 fully saturated rings. The van der Waals surface area contributed by atoms with Crippen LogP contribution in [0.5, 0.6) is 11.5 Å². The van der Waals surface area contributed by atoms with Crippen LogP contribution in [0.3, 0.4) is 0 Å². The monoisotopic (exact) mass is 324 g/mol. The molecule has 4 aromatic rings. The number of rotatable bonds is 4. The van der Waals surface area contributed by atoms with Gasteiger partial charge in [0.05, 0.1) is 0 Å². The van der Waals surface area contributed by atoms with Gasteiger partial charge in [-0.1, -0.05) is 78.9 Å². The third-order valence-electron chi connectivity index (χ3n) is 4.23. The zero-order valence-electron chi connectivity index (χ0n) is 13.6. The highest BCUT2D eigenvalue weighted by atomic mass is 16.5. The number of benzene rings is 4. The number of carbonyl (C=O) groups is 1. The molecule has 4 aromatic carbocycles. The van der Waals surface area contributed by atoms with Gasteiger partial charge in [0.25, 0.3) is 0 Å². The Labute approximate surface area is 146 Å². The van der Waals surface area contributed by atoms with Gasteiger partial charge in [-0.15, -0.1) is 0 Å². The van der Waals surface area contributed by atoms with Crippen LogP contribution in [-0.2, 0) is 0 Å². The average molecular weight is 324 g/mol. The molecular formula is C23H16O2. The number of fused-ring (bicyclic) bond motifs is 1. The van der Waals surface area contributed by atoms with Crippen LogP contribution in [0.4, 0.5) is 0 Å². The van der Waals surface area contributed by atoms with E-state index in [9.17, 15) is 4.79 Å². The molecule has 0 bridgehead atoms. The van der Waals surface area contributed by atoms with Crippen LogP contribution in [0.15, 0.2) is 91.0 Å². The maximum Gasteiger partial charge on any atom is 0.150 e. The number of carbonyl (C=O) groups excluding carboxylic acids is 1. The lowest BCUT2D eigenvalue weighted by atomic mass is 9.99. The molecule has 0 aliphatic rings. The van der Waals surface area contributed by atoms with Gasteiger partial charge < -0.3 is 4.74 Å². The zero-order valence-corrected chi connectivity index (χ0v) is 13.6. The summed E-state index contributed by atoms with van der Waals surface area (Å²) in [5.74, 6) is 1.53. The number of para-hydroxylation sites is 1. The smallest absolute Gasteiger partial charge is 0.150 e. The SMILES string of the molecule is O=Cc1ccccc1-c1ccccc1Oc1cccc2ccccc12. The van der Waals surface area contributed by atoms with Crippen LogP contribution in [0.1, 0.15) is 10.4 Å². The molecule has 0 aliphatic carbocycles. The molecule has 0 spiro atoms. The molecular weight excluding hydrogens is 308 g/mol. The van der Waals surface area contributed by atoms with Crippen molar-refractivity contribution in [3.8, 4) is 22.6 Å². The molecule has 0 N–H and O–H groups in total. The second-order valence-corrected chi connectivity index (χ2v) is 5.78. The fraction of sp³-hybridized carbons (Fsp3) is 0. The molecule has 4 rings (SSSR count). The van der Waals surface area contributed by atoms with Gasteiger partial charge in [0.1, 0.15) is 11.5 Å². The Hall–Kier alpha value is -3.39. The number of hydrogen-bond acceptors (Lipinski definition) is 2. The van der Waals surface area contributed by atoms with Crippen molar-refractivity contribution in [1.29, 1.82) is 0 Å². The number of ether oxygens (including phenoxy) is 1. The minimum absolute atomic E-state index is 0.650. The van der Waals surface area contributed by atoms with Crippen LogP contribution >= 0.6 is 0 Å². The molecule has 2 heteroatoms. The molecule has 0 unspecified atom stereocenters. The number of hydrogen-bond donors (Lipinski definition) is 0. The molecule has 0 heterocycles. The quantitative estimate of drug-likeness (QED) is 0.423. The molecule has 25 heavy (non-hydrogen) atoms. The van der Waals surface area contributed by atoms with E-state index in [1.807, 2.05) is 78.9 Å². The van der Waals surface area contributed by atoms with Crippen LogP contribution in [0.2, 0.25) is 0 Å². The van der Waals surface area contributed by atoms with Gasteiger partial charge in [-0.3, -0.25) is 4.79 Å². The van der Waals surface area contributed by atoms with E-state index in [1.165, 1.54) is 0 Å². The lowest BCUT2D eigenvalue weighted by Gasteiger charge is -2.14. The summed E-state index contributed by atoms with van der Waals surface area (Å²) >= 11 is 0. The first-order chi connectivity index (χ1) is 12.4. The fourth-order valence-corrected chi connectivity index (χ4v) is 3.03. The van der Waals surface area contributed by atoms with Crippen molar-refractivity contribution in [3.05, 3.63) is 96.6 Å². The standard InChI is InChI=1S/C23H16O2/c24-16-18-9-2-3-11-19(18)21-13-5-6-14-23(21)25-22-15-7-10-17-8-1-4-12-20(17)22/h1-16H. The van der Waals surface area contributed by atoms with Crippen LogP contribution in [-0.4, -0.2) is 6.29 Å². The molecule has 2 nitrogen and oxygen atoms in total. The van der Waals surface area contributed by atoms with Gasteiger partial charge in [-0.25, -0.2) is 0 Å². The predicted molar refractivity (Wildman–Crippen MR) is 101 cm³/mol. The van der Waals surface area contributed by atoms with Gasteiger partial charge in [-0.05, 0) is 23.1 Å². The Morgan fingerprint density at radius 1 is 0.600 bits per heavy atom. The second-order valence-electron chi connectivity index (χ2n) is 5.78. The number of aldehydes is 1. The van der Waals surface area contributed by atoms with E-state index in [1.54, 1.807) is 0 Å². The van der Waals surface area contributed by atoms with E-state index in [-0.39, 0.29) is 0 Å². The molecule has 0 saturated carbocycles. The predicted octanol–water partition coefficient (Wildman–Crippen LogP) is 6.11. The summed E-state index contributed by atoms with van der Waals surface area (Å²) in [6.07, 6.45) is 0.879. The minimum Gasteiger partial charge on any atom is -0.456 e. The first-order valence-electron chi connectivity index (χ1n) is 8.16. The Bertz CT molecular complexity index is 1050. The van der Waals surface area contributed by atoms with Crippen molar-refractivity contribution in [2.45, 2.75) is 0 Å². The molecule has 0 aliphatic heterocycles. The summed E-state index contributed by atoms with van der Waals surface area (Å²) in [5, 5.41) is 2.19. The van der Waals surface area contributed by atoms with Gasteiger partial charge in [0.2, 0.25) is 0 Å². The molecule has 0 amide bonds. The van der Waals surface area contributed by atoms with Crippen molar-refractivity contribution in [2.24, 2.45) is 0 Å². The normalized spacial score (nSPS) is 10.6. The third kappa shape index (κ3) is 2.90. The third-order valence-corrected chi connectivity index (χ3v) is 4.23. The van der Waals surface area contributed by atoms with Gasteiger partial charge in [0.15, 0.2) is 6.29 Å². The van der Waals surface area contributed by atoms with Gasteiger partial charge in [-0.2, -0.15) is 0 Å². The largest absolute Gasteiger partial charge is 0.456 e. The molecule has 0 radical (unpaired) electrons. The molecule has 0 saturated heterocycles. The van der Waals surface area contributed by atoms with Crippen LogP contribution in [0, 0.1) is 0 Å². The van der Waals surface area contributed by atoms with E-state index >= 15 is 0 Å². The topological polar surface area (TPSA) is 26.3 Å². The molecule has 120 valence electrons. The Kier molecular flexibility index (Phi) is 4.01. The van der Waals surface area contributed by atoms with Crippen LogP contribution < -0.4 is 4.74 Å². The highest BCUT2D eigenvalue weighted by molar-refractivity contribution is 5.91. The van der Waals surface area contributed by atoms with E-state index in [2.05, 4.69) is 12.1 Å². The van der Waals surface area contributed by atoms with E-state index in [0.717, 1.165) is 39.7 Å². The highest BCUT2D eigenvalue weighted by Crippen LogP contribution is 2.37. The lowest BCUT2D eigenvalue weighted by Crippen LogP contribution is -1.92. The maximum atomic E-state index is 11.4. The highest BCUT2D eigenvalue weighted by Gasteiger charge is 2.11. The van der Waals surface area contributed by atoms with Gasteiger partial charge >= 0.3 is 0 Å². The summed E-state index contributed by atoms with van der Waals surface area (Å²) in [4.78, 5) is 11.4. The van der Waals surface area contributed by atoms with E-state index in [0.29, 0.717) is 5.56 Å². The van der Waals surface area contributed by atoms with E-state index in [4.69, 9.17) is 4.74 Å². The van der Waals surface area contributed by atoms with Crippen molar-refractivity contribution < 1.29 is 9.53 Å². The Morgan fingerprint density at radius 3 is 2.12 bits per heavy atom. The first kappa shape index (κ1) is 15.2. The Balaban J connectivity index is 1.83. The summed E-state index contributed by atoms with van der Waals surface area (Å²) in [6.45, 7) is 0. The second kappa shape index (κ2) is 6.62. The van der Waals surface area contributed by atoms with Crippen molar-refractivity contribution in [1.82, 2.24) is 0 Å². The van der Waals surface area contributed by atoms with Crippen molar-refractivity contribution in [2.75, 3.05) is 0 Å². The molecule has 0 atom stereocenters. The fourth-order valence-electron chi connectivity index (χ4n) is 3.03. The van der Waals surface area contributed by atoms with Crippen molar-refractivity contribution in [3.63, 3.8) is 0 Å². The zero-order chi connectivity index (χ0) is 17.1. The van der Waals surface area contributed by atoms with Gasteiger partial charge in [0, 0.05) is 16.5 Å². The minimum atomic E-state index is 0.650. The van der Waals surface area contributed by atoms with E-state index < -0.39 is 0 Å². The maximum absolute atomic E-state index is 11.4. The van der Waals surface area contributed by atoms with Crippen LogP contribution in [0.25, 0.3) is 21.9 Å².